The van der Waals surface area contributed by atoms with Crippen molar-refractivity contribution in [1.29, 1.82) is 0 Å². The van der Waals surface area contributed by atoms with Gasteiger partial charge in [-0.1, -0.05) is 24.4 Å². The molecular weight excluding hydrogens is 224 g/mol. The number of hydrogen-bond acceptors (Lipinski definition) is 4. The van der Waals surface area contributed by atoms with Gasteiger partial charge in [0.25, 0.3) is 0 Å². The fourth-order valence-electron chi connectivity index (χ4n) is 1.51. The van der Waals surface area contributed by atoms with Crippen molar-refractivity contribution in [1.82, 2.24) is 15.0 Å². The maximum Gasteiger partial charge on any atom is 0.143 e. The van der Waals surface area contributed by atoms with Gasteiger partial charge in [-0.2, -0.15) is 0 Å². The number of hydrogen-bond donors (Lipinski definition) is 1. The van der Waals surface area contributed by atoms with Crippen molar-refractivity contribution in [3.05, 3.63) is 11.4 Å². The van der Waals surface area contributed by atoms with Crippen molar-refractivity contribution in [2.75, 3.05) is 13.2 Å². The van der Waals surface area contributed by atoms with Crippen LogP contribution in [0.2, 0.25) is 0 Å². The molecule has 0 atom stereocenters. The Balaban J connectivity index is 2.62. The van der Waals surface area contributed by atoms with Crippen molar-refractivity contribution in [3.8, 4) is 0 Å². The van der Waals surface area contributed by atoms with E-state index in [0.717, 1.165) is 38.3 Å². The Morgan fingerprint density at radius 2 is 2.25 bits per heavy atom. The second-order valence-corrected chi connectivity index (χ2v) is 3.82. The van der Waals surface area contributed by atoms with E-state index in [1.54, 1.807) is 0 Å². The monoisotopic (exact) mass is 242 g/mol. The molecule has 0 bridgehead atoms. The molecule has 16 heavy (non-hydrogen) atoms. The van der Waals surface area contributed by atoms with Crippen LogP contribution in [0.15, 0.2) is 0 Å². The maximum absolute atomic E-state index is 5.57. The minimum Gasteiger partial charge on any atom is -0.388 e. The summed E-state index contributed by atoms with van der Waals surface area (Å²) in [5.41, 5.74) is 7.22. The van der Waals surface area contributed by atoms with Crippen LogP contribution >= 0.6 is 12.2 Å². The minimum atomic E-state index is 0.313. The Morgan fingerprint density at radius 3 is 2.81 bits per heavy atom. The predicted octanol–water partition coefficient (Wildman–Crippen LogP) is 0.901. The van der Waals surface area contributed by atoms with Crippen LogP contribution < -0.4 is 5.73 Å². The van der Waals surface area contributed by atoms with Gasteiger partial charge in [0.15, 0.2) is 0 Å². The normalized spacial score (nSPS) is 10.6. The molecule has 0 aliphatic carbocycles. The Bertz CT molecular complexity index is 351. The summed E-state index contributed by atoms with van der Waals surface area (Å²) in [6.07, 6.45) is 1.75. The number of aryl methyl sites for hydroxylation is 1. The van der Waals surface area contributed by atoms with Crippen molar-refractivity contribution in [2.24, 2.45) is 5.73 Å². The third kappa shape index (κ3) is 3.24. The fourth-order valence-corrected chi connectivity index (χ4v) is 1.67. The quantitative estimate of drug-likeness (QED) is 0.568. The fraction of sp³-hybridized carbons (Fsp3) is 0.700. The summed E-state index contributed by atoms with van der Waals surface area (Å²) in [6, 6.07) is 0. The first-order chi connectivity index (χ1) is 7.70. The van der Waals surface area contributed by atoms with Gasteiger partial charge in [0, 0.05) is 19.8 Å². The van der Waals surface area contributed by atoms with Gasteiger partial charge in [-0.15, -0.1) is 5.10 Å². The lowest BCUT2D eigenvalue weighted by Gasteiger charge is -2.05. The van der Waals surface area contributed by atoms with E-state index in [9.17, 15) is 0 Å². The van der Waals surface area contributed by atoms with E-state index in [2.05, 4.69) is 10.3 Å². The summed E-state index contributed by atoms with van der Waals surface area (Å²) >= 11 is 4.92. The van der Waals surface area contributed by atoms with Crippen LogP contribution in [0.25, 0.3) is 0 Å². The SMILES string of the molecule is CCOCCCn1nnc(C(N)=S)c1CC. The summed E-state index contributed by atoms with van der Waals surface area (Å²) in [5.74, 6) is 0. The Hall–Kier alpha value is -1.01. The third-order valence-corrected chi connectivity index (χ3v) is 2.46. The lowest BCUT2D eigenvalue weighted by Crippen LogP contribution is -2.14. The maximum atomic E-state index is 5.57. The van der Waals surface area contributed by atoms with Gasteiger partial charge in [0.05, 0.1) is 5.69 Å². The first kappa shape index (κ1) is 13.1. The Labute approximate surface area is 101 Å². The van der Waals surface area contributed by atoms with Crippen molar-refractivity contribution in [3.63, 3.8) is 0 Å². The zero-order chi connectivity index (χ0) is 12.0. The molecule has 0 unspecified atom stereocenters. The minimum absolute atomic E-state index is 0.313. The van der Waals surface area contributed by atoms with Crippen LogP contribution in [0.5, 0.6) is 0 Å². The van der Waals surface area contributed by atoms with Gasteiger partial charge in [0.1, 0.15) is 10.7 Å². The molecule has 6 heteroatoms. The number of nitrogens with zero attached hydrogens (tertiary/aromatic N) is 3. The molecule has 5 nitrogen and oxygen atoms in total. The van der Waals surface area contributed by atoms with E-state index < -0.39 is 0 Å². The number of rotatable bonds is 7. The molecule has 0 aliphatic heterocycles. The lowest BCUT2D eigenvalue weighted by atomic mass is 10.2. The number of aromatic nitrogens is 3. The zero-order valence-corrected chi connectivity index (χ0v) is 10.6. The molecule has 0 spiro atoms. The van der Waals surface area contributed by atoms with Gasteiger partial charge in [-0.25, -0.2) is 4.68 Å². The second-order valence-electron chi connectivity index (χ2n) is 3.38. The summed E-state index contributed by atoms with van der Waals surface area (Å²) in [5, 5.41) is 8.04. The van der Waals surface area contributed by atoms with Gasteiger partial charge in [-0.05, 0) is 19.8 Å². The first-order valence-corrected chi connectivity index (χ1v) is 5.91. The molecule has 2 N–H and O–H groups in total. The molecule has 1 heterocycles. The second kappa shape index (κ2) is 6.55. The van der Waals surface area contributed by atoms with Crippen LogP contribution in [0.4, 0.5) is 0 Å². The van der Waals surface area contributed by atoms with E-state index in [-0.39, 0.29) is 0 Å². The van der Waals surface area contributed by atoms with Crippen LogP contribution in [0.1, 0.15) is 31.7 Å². The molecule has 0 amide bonds. The van der Waals surface area contributed by atoms with Crippen LogP contribution in [0.3, 0.4) is 0 Å². The highest BCUT2D eigenvalue weighted by molar-refractivity contribution is 7.80. The Morgan fingerprint density at radius 1 is 1.50 bits per heavy atom. The van der Waals surface area contributed by atoms with Gasteiger partial charge in [0.2, 0.25) is 0 Å². The van der Waals surface area contributed by atoms with E-state index in [0.29, 0.717) is 10.7 Å². The van der Waals surface area contributed by atoms with Crippen LogP contribution in [-0.2, 0) is 17.7 Å². The molecular formula is C10H18N4OS. The molecule has 1 aromatic rings. The van der Waals surface area contributed by atoms with Crippen molar-refractivity contribution in [2.45, 2.75) is 33.2 Å². The van der Waals surface area contributed by atoms with Crippen LogP contribution in [0, 0.1) is 0 Å². The van der Waals surface area contributed by atoms with Gasteiger partial charge >= 0.3 is 0 Å². The molecule has 0 aliphatic rings. The molecule has 1 aromatic heterocycles. The summed E-state index contributed by atoms with van der Waals surface area (Å²) in [6.45, 7) is 6.30. The standard InChI is InChI=1S/C10H18N4OS/c1-3-8-9(10(11)16)12-13-14(8)6-5-7-15-4-2/h3-7H2,1-2H3,(H2,11,16). The average Bonchev–Trinajstić information content (AvgIpc) is 2.67. The van der Waals surface area contributed by atoms with E-state index in [1.807, 2.05) is 18.5 Å². The van der Waals surface area contributed by atoms with Crippen LogP contribution in [-0.4, -0.2) is 33.2 Å². The zero-order valence-electron chi connectivity index (χ0n) is 9.77. The van der Waals surface area contributed by atoms with Gasteiger partial charge in [-0.3, -0.25) is 0 Å². The van der Waals surface area contributed by atoms with Crippen molar-refractivity contribution < 1.29 is 4.74 Å². The predicted molar refractivity (Wildman–Crippen MR) is 66.4 cm³/mol. The summed E-state index contributed by atoms with van der Waals surface area (Å²) < 4.78 is 7.13. The van der Waals surface area contributed by atoms with E-state index in [1.165, 1.54) is 0 Å². The average molecular weight is 242 g/mol. The summed E-state index contributed by atoms with van der Waals surface area (Å²) in [7, 11) is 0. The number of nitrogens with two attached hydrogens (primary N) is 1. The molecule has 0 saturated heterocycles. The number of thiocarbonyl (C=S) groups is 1. The molecule has 0 aromatic carbocycles. The first-order valence-electron chi connectivity index (χ1n) is 5.50. The summed E-state index contributed by atoms with van der Waals surface area (Å²) in [4.78, 5) is 0.313. The largest absolute Gasteiger partial charge is 0.388 e. The van der Waals surface area contributed by atoms with Gasteiger partial charge < -0.3 is 10.5 Å². The molecule has 1 rings (SSSR count). The highest BCUT2D eigenvalue weighted by atomic mass is 32.1. The third-order valence-electron chi connectivity index (χ3n) is 2.27. The van der Waals surface area contributed by atoms with E-state index >= 15 is 0 Å². The van der Waals surface area contributed by atoms with Crippen molar-refractivity contribution >= 4 is 17.2 Å². The Kier molecular flexibility index (Phi) is 5.34. The molecule has 0 fully saturated rings. The van der Waals surface area contributed by atoms with E-state index in [4.69, 9.17) is 22.7 Å². The highest BCUT2D eigenvalue weighted by Gasteiger charge is 2.12. The number of ether oxygens (including phenoxy) is 1. The molecule has 0 saturated carbocycles. The highest BCUT2D eigenvalue weighted by Crippen LogP contribution is 2.07. The lowest BCUT2D eigenvalue weighted by molar-refractivity contribution is 0.140. The molecule has 0 radical (unpaired) electrons. The smallest absolute Gasteiger partial charge is 0.143 e. The topological polar surface area (TPSA) is 66.0 Å². The molecule has 90 valence electrons.